The predicted octanol–water partition coefficient (Wildman–Crippen LogP) is 3.22. The highest BCUT2D eigenvalue weighted by molar-refractivity contribution is 9.10. The smallest absolute Gasteiger partial charge is 0.223 e. The van der Waals surface area contributed by atoms with Crippen LogP contribution < -0.4 is 11.1 Å². The molecule has 0 saturated heterocycles. The fourth-order valence-corrected chi connectivity index (χ4v) is 1.77. The molecule has 1 aromatic carbocycles. The molecule has 1 heterocycles. The number of para-hydroxylation sites is 1. The number of nitrogens with zero attached hydrogens (tertiary/aromatic N) is 2. The van der Waals surface area contributed by atoms with Gasteiger partial charge in [0.1, 0.15) is 11.0 Å². The summed E-state index contributed by atoms with van der Waals surface area (Å²) in [6, 6.07) is 9.29. The molecule has 0 atom stereocenters. The number of nitrogens with one attached hydrogen (secondary N) is 1. The molecule has 4 nitrogen and oxygen atoms in total. The number of halogens is 2. The monoisotopic (exact) mass is 298 g/mol. The standard InChI is InChI=1S/C10H8BrClN4/c11-6-3-1-2-4-7(6)14-9-5-8(12)15-10(13)16-9/h1-5H,(H3,13,14,15,16). The van der Waals surface area contributed by atoms with Gasteiger partial charge in [0.15, 0.2) is 0 Å². The van der Waals surface area contributed by atoms with E-state index in [2.05, 4.69) is 31.2 Å². The minimum atomic E-state index is 0.141. The first-order valence-electron chi connectivity index (χ1n) is 4.47. The molecule has 0 radical (unpaired) electrons. The van der Waals surface area contributed by atoms with Gasteiger partial charge in [0.25, 0.3) is 0 Å². The molecule has 0 unspecified atom stereocenters. The summed E-state index contributed by atoms with van der Waals surface area (Å²) in [7, 11) is 0. The van der Waals surface area contributed by atoms with Crippen LogP contribution in [0.5, 0.6) is 0 Å². The van der Waals surface area contributed by atoms with E-state index in [0.29, 0.717) is 11.0 Å². The average molecular weight is 300 g/mol. The van der Waals surface area contributed by atoms with Gasteiger partial charge in [0.05, 0.1) is 5.69 Å². The molecule has 16 heavy (non-hydrogen) atoms. The second-order valence-corrected chi connectivity index (χ2v) is 4.28. The molecule has 2 rings (SSSR count). The largest absolute Gasteiger partial charge is 0.368 e. The van der Waals surface area contributed by atoms with Crippen LogP contribution in [0.4, 0.5) is 17.5 Å². The third kappa shape index (κ3) is 2.62. The molecule has 0 fully saturated rings. The number of aromatic nitrogens is 2. The van der Waals surface area contributed by atoms with E-state index in [-0.39, 0.29) is 5.95 Å². The van der Waals surface area contributed by atoms with Gasteiger partial charge in [-0.15, -0.1) is 0 Å². The van der Waals surface area contributed by atoms with Crippen molar-refractivity contribution in [1.82, 2.24) is 9.97 Å². The summed E-state index contributed by atoms with van der Waals surface area (Å²) in [6.07, 6.45) is 0. The number of hydrogen-bond donors (Lipinski definition) is 2. The number of nitrogens with two attached hydrogens (primary N) is 1. The maximum atomic E-state index is 5.77. The van der Waals surface area contributed by atoms with E-state index in [0.717, 1.165) is 10.2 Å². The van der Waals surface area contributed by atoms with Crippen molar-refractivity contribution in [2.24, 2.45) is 0 Å². The number of benzene rings is 1. The Balaban J connectivity index is 2.30. The SMILES string of the molecule is Nc1nc(Cl)cc(Nc2ccccc2Br)n1. The molecule has 0 aliphatic heterocycles. The molecule has 0 aliphatic carbocycles. The lowest BCUT2D eigenvalue weighted by atomic mass is 10.3. The van der Waals surface area contributed by atoms with Crippen molar-refractivity contribution in [2.45, 2.75) is 0 Å². The van der Waals surface area contributed by atoms with E-state index in [1.54, 1.807) is 6.07 Å². The zero-order valence-corrected chi connectivity index (χ0v) is 10.5. The molecule has 2 aromatic rings. The summed E-state index contributed by atoms with van der Waals surface area (Å²) in [5, 5.41) is 3.40. The number of nitrogen functional groups attached to an aromatic ring is 1. The zero-order chi connectivity index (χ0) is 11.5. The number of hydrogen-bond acceptors (Lipinski definition) is 4. The fourth-order valence-electron chi connectivity index (χ4n) is 1.20. The first-order chi connectivity index (χ1) is 7.65. The number of anilines is 3. The molecule has 0 aliphatic rings. The molecule has 0 spiro atoms. The molecule has 82 valence electrons. The lowest BCUT2D eigenvalue weighted by Crippen LogP contribution is -2.00. The van der Waals surface area contributed by atoms with Crippen molar-refractivity contribution < 1.29 is 0 Å². The maximum Gasteiger partial charge on any atom is 0.223 e. The third-order valence-electron chi connectivity index (χ3n) is 1.85. The van der Waals surface area contributed by atoms with Crippen LogP contribution in [0.2, 0.25) is 5.15 Å². The normalized spacial score (nSPS) is 10.1. The van der Waals surface area contributed by atoms with E-state index in [1.807, 2.05) is 24.3 Å². The molecule has 3 N–H and O–H groups in total. The van der Waals surface area contributed by atoms with E-state index in [4.69, 9.17) is 17.3 Å². The summed E-state index contributed by atoms with van der Waals surface area (Å²) >= 11 is 9.19. The van der Waals surface area contributed by atoms with E-state index in [9.17, 15) is 0 Å². The van der Waals surface area contributed by atoms with Crippen molar-refractivity contribution in [2.75, 3.05) is 11.1 Å². The molecule has 0 bridgehead atoms. The van der Waals surface area contributed by atoms with Crippen LogP contribution in [0, 0.1) is 0 Å². The molecular weight excluding hydrogens is 291 g/mol. The first-order valence-corrected chi connectivity index (χ1v) is 5.64. The Morgan fingerprint density at radius 2 is 2.00 bits per heavy atom. The fraction of sp³-hybridized carbons (Fsp3) is 0. The lowest BCUT2D eigenvalue weighted by molar-refractivity contribution is 1.18. The van der Waals surface area contributed by atoms with Gasteiger partial charge in [0.2, 0.25) is 5.95 Å². The summed E-state index contributed by atoms with van der Waals surface area (Å²) in [5.41, 5.74) is 6.38. The van der Waals surface area contributed by atoms with Gasteiger partial charge in [-0.1, -0.05) is 23.7 Å². The van der Waals surface area contributed by atoms with Crippen molar-refractivity contribution in [3.8, 4) is 0 Å². The number of rotatable bonds is 2. The Morgan fingerprint density at radius 1 is 1.25 bits per heavy atom. The highest BCUT2D eigenvalue weighted by atomic mass is 79.9. The minimum absolute atomic E-state index is 0.141. The molecular formula is C10H8BrClN4. The summed E-state index contributed by atoms with van der Waals surface area (Å²) < 4.78 is 0.934. The van der Waals surface area contributed by atoms with Crippen LogP contribution >= 0.6 is 27.5 Å². The highest BCUT2D eigenvalue weighted by Gasteiger charge is 2.03. The van der Waals surface area contributed by atoms with Crippen LogP contribution in [-0.4, -0.2) is 9.97 Å². The Morgan fingerprint density at radius 3 is 2.69 bits per heavy atom. The highest BCUT2D eigenvalue weighted by Crippen LogP contribution is 2.25. The maximum absolute atomic E-state index is 5.77. The second kappa shape index (κ2) is 4.67. The molecule has 1 aromatic heterocycles. The van der Waals surface area contributed by atoms with Crippen molar-refractivity contribution >= 4 is 45.0 Å². The van der Waals surface area contributed by atoms with Gasteiger partial charge in [-0.3, -0.25) is 0 Å². The van der Waals surface area contributed by atoms with Crippen LogP contribution in [0.15, 0.2) is 34.8 Å². The van der Waals surface area contributed by atoms with Gasteiger partial charge in [0, 0.05) is 10.5 Å². The lowest BCUT2D eigenvalue weighted by Gasteiger charge is -2.07. The van der Waals surface area contributed by atoms with E-state index < -0.39 is 0 Å². The van der Waals surface area contributed by atoms with Crippen molar-refractivity contribution in [3.05, 3.63) is 40.0 Å². The summed E-state index contributed by atoms with van der Waals surface area (Å²) in [6.45, 7) is 0. The summed E-state index contributed by atoms with van der Waals surface area (Å²) in [5.74, 6) is 0.700. The predicted molar refractivity (Wildman–Crippen MR) is 68.9 cm³/mol. The minimum Gasteiger partial charge on any atom is -0.368 e. The van der Waals surface area contributed by atoms with Crippen LogP contribution in [0.25, 0.3) is 0 Å². The van der Waals surface area contributed by atoms with Gasteiger partial charge < -0.3 is 11.1 Å². The summed E-state index contributed by atoms with van der Waals surface area (Å²) in [4.78, 5) is 7.80. The second-order valence-electron chi connectivity index (χ2n) is 3.04. The zero-order valence-electron chi connectivity index (χ0n) is 8.11. The third-order valence-corrected chi connectivity index (χ3v) is 2.73. The molecule has 0 amide bonds. The van der Waals surface area contributed by atoms with Gasteiger partial charge in [-0.2, -0.15) is 4.98 Å². The van der Waals surface area contributed by atoms with Crippen LogP contribution in [-0.2, 0) is 0 Å². The van der Waals surface area contributed by atoms with Gasteiger partial charge >= 0.3 is 0 Å². The molecule has 0 saturated carbocycles. The van der Waals surface area contributed by atoms with E-state index in [1.165, 1.54) is 0 Å². The average Bonchev–Trinajstić information content (AvgIpc) is 2.20. The Labute approximate surface area is 106 Å². The topological polar surface area (TPSA) is 63.8 Å². The quantitative estimate of drug-likeness (QED) is 0.836. The Hall–Kier alpha value is -1.33. The van der Waals surface area contributed by atoms with Crippen molar-refractivity contribution in [3.63, 3.8) is 0 Å². The van der Waals surface area contributed by atoms with Gasteiger partial charge in [-0.25, -0.2) is 4.98 Å². The molecule has 6 heteroatoms. The van der Waals surface area contributed by atoms with Crippen LogP contribution in [0.3, 0.4) is 0 Å². The first kappa shape index (κ1) is 11.2. The van der Waals surface area contributed by atoms with Crippen LogP contribution in [0.1, 0.15) is 0 Å². The Kier molecular flexibility index (Phi) is 3.26. The van der Waals surface area contributed by atoms with Crippen molar-refractivity contribution in [1.29, 1.82) is 0 Å². The Bertz CT molecular complexity index is 498. The van der Waals surface area contributed by atoms with E-state index >= 15 is 0 Å². The van der Waals surface area contributed by atoms with Gasteiger partial charge in [-0.05, 0) is 28.1 Å².